The number of phenols is 1. The van der Waals surface area contributed by atoms with Gasteiger partial charge in [0.2, 0.25) is 5.91 Å². The lowest BCUT2D eigenvalue weighted by atomic mass is 9.94. The first kappa shape index (κ1) is 24.3. The molecule has 0 saturated carbocycles. The quantitative estimate of drug-likeness (QED) is 0.466. The molecule has 2 amide bonds. The van der Waals surface area contributed by atoms with Crippen molar-refractivity contribution >= 4 is 44.4 Å². The van der Waals surface area contributed by atoms with Crippen molar-refractivity contribution in [1.29, 1.82) is 0 Å². The largest absolute Gasteiger partial charge is 0.508 e. The molecule has 1 aromatic heterocycles. The second-order valence-electron chi connectivity index (χ2n) is 9.66. The molecule has 2 aliphatic rings. The molecule has 7 nitrogen and oxygen atoms in total. The van der Waals surface area contributed by atoms with Gasteiger partial charge in [-0.2, -0.15) is 0 Å². The van der Waals surface area contributed by atoms with E-state index in [1.807, 2.05) is 40.7 Å². The van der Waals surface area contributed by atoms with Crippen LogP contribution in [0.15, 0.2) is 53.5 Å². The van der Waals surface area contributed by atoms with Crippen LogP contribution in [0.25, 0.3) is 10.9 Å². The van der Waals surface area contributed by atoms with Gasteiger partial charge in [0.15, 0.2) is 5.78 Å². The van der Waals surface area contributed by atoms with Gasteiger partial charge in [0.25, 0.3) is 5.91 Å². The Balaban J connectivity index is 1.39. The summed E-state index contributed by atoms with van der Waals surface area (Å²) in [4.78, 5) is 42.0. The van der Waals surface area contributed by atoms with E-state index in [0.717, 1.165) is 32.2 Å². The van der Waals surface area contributed by atoms with Crippen molar-refractivity contribution in [2.45, 2.75) is 32.9 Å². The van der Waals surface area contributed by atoms with Gasteiger partial charge in [0.05, 0.1) is 12.1 Å². The van der Waals surface area contributed by atoms with Crippen LogP contribution in [0.2, 0.25) is 0 Å². The molecule has 1 fully saturated rings. The Hall–Kier alpha value is -3.39. The lowest BCUT2D eigenvalue weighted by Gasteiger charge is -2.38. The summed E-state index contributed by atoms with van der Waals surface area (Å²) in [7, 11) is 0. The highest BCUT2D eigenvalue weighted by Gasteiger charge is 2.32. The molecule has 3 aromatic rings. The van der Waals surface area contributed by atoms with Crippen molar-refractivity contribution in [3.05, 3.63) is 75.9 Å². The van der Waals surface area contributed by atoms with Gasteiger partial charge in [-0.15, -0.1) is 0 Å². The molecule has 5 rings (SSSR count). The molecule has 186 valence electrons. The van der Waals surface area contributed by atoms with Crippen LogP contribution in [-0.2, 0) is 29.1 Å². The number of aromatic hydroxyl groups is 1. The molecule has 0 bridgehead atoms. The van der Waals surface area contributed by atoms with Gasteiger partial charge in [-0.05, 0) is 49.2 Å². The maximum Gasteiger partial charge on any atom is 0.256 e. The fraction of sp³-hybridized carbons (Fsp3) is 0.321. The molecular weight excluding hydrogens is 522 g/mol. The monoisotopic (exact) mass is 549 g/mol. The Kier molecular flexibility index (Phi) is 6.47. The third-order valence-corrected chi connectivity index (χ3v) is 7.82. The van der Waals surface area contributed by atoms with Crippen LogP contribution in [0, 0.1) is 12.8 Å². The van der Waals surface area contributed by atoms with Crippen LogP contribution >= 0.6 is 15.9 Å². The second kappa shape index (κ2) is 9.58. The van der Waals surface area contributed by atoms with E-state index in [0.29, 0.717) is 44.6 Å². The molecule has 8 heteroatoms. The number of amides is 2. The predicted molar refractivity (Wildman–Crippen MR) is 141 cm³/mol. The summed E-state index contributed by atoms with van der Waals surface area (Å²) < 4.78 is 2.80. The number of carbonyl (C=O) groups is 3. The number of hydrogen-bond donors (Lipinski definition) is 1. The normalized spacial score (nSPS) is 15.5. The molecule has 1 N–H and O–H groups in total. The maximum absolute atomic E-state index is 13.8. The van der Waals surface area contributed by atoms with Gasteiger partial charge >= 0.3 is 0 Å². The van der Waals surface area contributed by atoms with E-state index in [-0.39, 0.29) is 35.8 Å². The van der Waals surface area contributed by atoms with Gasteiger partial charge < -0.3 is 19.5 Å². The zero-order chi connectivity index (χ0) is 25.6. The smallest absolute Gasteiger partial charge is 0.256 e. The predicted octanol–water partition coefficient (Wildman–Crippen LogP) is 4.22. The van der Waals surface area contributed by atoms with Crippen molar-refractivity contribution in [3.8, 4) is 5.75 Å². The van der Waals surface area contributed by atoms with E-state index in [1.54, 1.807) is 17.0 Å². The molecule has 0 radical (unpaired) electrons. The van der Waals surface area contributed by atoms with Gasteiger partial charge in [-0.3, -0.25) is 14.4 Å². The van der Waals surface area contributed by atoms with Crippen molar-refractivity contribution in [1.82, 2.24) is 14.4 Å². The number of benzene rings is 2. The topological polar surface area (TPSA) is 82.9 Å². The molecule has 0 unspecified atom stereocenters. The molecular formula is C28H28BrN3O4. The lowest BCUT2D eigenvalue weighted by molar-refractivity contribution is -0.134. The first-order valence-corrected chi connectivity index (χ1v) is 12.9. The summed E-state index contributed by atoms with van der Waals surface area (Å²) >= 11 is 3.53. The first-order chi connectivity index (χ1) is 17.3. The fourth-order valence-electron chi connectivity index (χ4n) is 5.42. The number of halogens is 1. The fourth-order valence-corrected chi connectivity index (χ4v) is 5.78. The first-order valence-electron chi connectivity index (χ1n) is 12.1. The van der Waals surface area contributed by atoms with Gasteiger partial charge in [-0.1, -0.05) is 34.6 Å². The SMILES string of the molecule is C=CC(=O)N1CC(CC(=O)Cn2c(C)c(C(=O)N3CCc4c(O)cccc4C3)c3cc(Br)ccc32)C1. The molecule has 0 spiro atoms. The number of ketones is 1. The standard InChI is InChI=1S/C28H28BrN3O4/c1-3-26(35)31-13-18(14-31)11-21(33)16-32-17(2)27(23-12-20(29)7-8-24(23)32)28(36)30-10-9-22-19(15-30)5-4-6-25(22)34/h3-8,12,18,34H,1,9-11,13-16H2,2H3. The Morgan fingerprint density at radius 3 is 2.69 bits per heavy atom. The molecule has 0 atom stereocenters. The Bertz CT molecular complexity index is 1400. The summed E-state index contributed by atoms with van der Waals surface area (Å²) in [5.74, 6) is 0.334. The van der Waals surface area contributed by atoms with Crippen LogP contribution in [0.3, 0.4) is 0 Å². The number of fused-ring (bicyclic) bond motifs is 2. The van der Waals surface area contributed by atoms with E-state index in [4.69, 9.17) is 0 Å². The zero-order valence-corrected chi connectivity index (χ0v) is 21.8. The average molecular weight is 550 g/mol. The van der Waals surface area contributed by atoms with Crippen LogP contribution in [-0.4, -0.2) is 56.7 Å². The molecule has 2 aliphatic heterocycles. The molecule has 1 saturated heterocycles. The van der Waals surface area contributed by atoms with E-state index in [9.17, 15) is 19.5 Å². The van der Waals surface area contributed by atoms with Crippen molar-refractivity contribution in [3.63, 3.8) is 0 Å². The van der Waals surface area contributed by atoms with Gasteiger partial charge in [-0.25, -0.2) is 0 Å². The van der Waals surface area contributed by atoms with E-state index < -0.39 is 0 Å². The number of phenolic OH excluding ortho intramolecular Hbond substituents is 1. The van der Waals surface area contributed by atoms with Gasteiger partial charge in [0, 0.05) is 65.2 Å². The Morgan fingerprint density at radius 1 is 1.17 bits per heavy atom. The van der Waals surface area contributed by atoms with E-state index in [1.165, 1.54) is 6.08 Å². The van der Waals surface area contributed by atoms with Gasteiger partial charge in [0.1, 0.15) is 5.75 Å². The lowest BCUT2D eigenvalue weighted by Crippen LogP contribution is -2.50. The summed E-state index contributed by atoms with van der Waals surface area (Å²) in [5.41, 5.74) is 4.07. The molecule has 0 aliphatic carbocycles. The van der Waals surface area contributed by atoms with Crippen LogP contribution in [0.1, 0.15) is 33.6 Å². The number of nitrogens with zero attached hydrogens (tertiary/aromatic N) is 3. The van der Waals surface area contributed by atoms with Crippen molar-refractivity contribution < 1.29 is 19.5 Å². The minimum absolute atomic E-state index is 0.0756. The van der Waals surface area contributed by atoms with E-state index in [2.05, 4.69) is 22.5 Å². The minimum Gasteiger partial charge on any atom is -0.508 e. The van der Waals surface area contributed by atoms with Crippen LogP contribution in [0.4, 0.5) is 0 Å². The molecule has 36 heavy (non-hydrogen) atoms. The summed E-state index contributed by atoms with van der Waals surface area (Å²) in [5, 5.41) is 11.0. The highest BCUT2D eigenvalue weighted by molar-refractivity contribution is 9.10. The Morgan fingerprint density at radius 2 is 1.94 bits per heavy atom. The average Bonchev–Trinajstić information content (AvgIpc) is 3.10. The Labute approximate surface area is 218 Å². The number of carbonyl (C=O) groups excluding carboxylic acids is 3. The molecule has 3 heterocycles. The third kappa shape index (κ3) is 4.34. The van der Waals surface area contributed by atoms with Crippen LogP contribution in [0.5, 0.6) is 5.75 Å². The molecule has 2 aromatic carbocycles. The third-order valence-electron chi connectivity index (χ3n) is 7.32. The minimum atomic E-state index is -0.102. The highest BCUT2D eigenvalue weighted by atomic mass is 79.9. The van der Waals surface area contributed by atoms with Crippen molar-refractivity contribution in [2.75, 3.05) is 19.6 Å². The summed E-state index contributed by atoms with van der Waals surface area (Å²) in [6, 6.07) is 11.2. The number of aromatic nitrogens is 1. The number of rotatable bonds is 6. The number of likely N-dealkylation sites (tertiary alicyclic amines) is 1. The van der Waals surface area contributed by atoms with E-state index >= 15 is 0 Å². The summed E-state index contributed by atoms with van der Waals surface area (Å²) in [6.07, 6.45) is 2.29. The summed E-state index contributed by atoms with van der Waals surface area (Å²) in [6.45, 7) is 7.68. The number of Topliss-reactive ketones (excluding diaryl/α,β-unsaturated/α-hetero) is 1. The maximum atomic E-state index is 13.8. The zero-order valence-electron chi connectivity index (χ0n) is 20.2. The number of hydrogen-bond acceptors (Lipinski definition) is 4. The second-order valence-corrected chi connectivity index (χ2v) is 10.6. The highest BCUT2D eigenvalue weighted by Crippen LogP contribution is 2.33. The van der Waals surface area contributed by atoms with Crippen LogP contribution < -0.4 is 0 Å². The van der Waals surface area contributed by atoms with Crippen molar-refractivity contribution in [2.24, 2.45) is 5.92 Å².